The van der Waals surface area contributed by atoms with Crippen LogP contribution < -0.4 is 25.2 Å². The molecule has 0 bridgehead atoms. The second kappa shape index (κ2) is 9.56. The monoisotopic (exact) mass is 479 g/mol. The minimum absolute atomic E-state index is 0.140. The maximum absolute atomic E-state index is 13.2. The molecule has 0 saturated heterocycles. The fourth-order valence-corrected chi connectivity index (χ4v) is 4.57. The Labute approximate surface area is 201 Å². The first kappa shape index (κ1) is 23.3. The van der Waals surface area contributed by atoms with Crippen molar-refractivity contribution in [1.82, 2.24) is 9.13 Å². The van der Waals surface area contributed by atoms with Gasteiger partial charge in [-0.25, -0.2) is 4.79 Å². The number of nitrogens with one attached hydrogen (secondary N) is 1. The number of ether oxygens (including phenoxy) is 3. The third-order valence-electron chi connectivity index (χ3n) is 5.55. The molecular formula is C25H25N3O5S. The van der Waals surface area contributed by atoms with Crippen molar-refractivity contribution in [2.75, 3.05) is 26.6 Å². The Balaban J connectivity index is 1.76. The Hall–Kier alpha value is -3.85. The molecule has 0 fully saturated rings. The maximum atomic E-state index is 13.2. The standard InChI is InChI=1S/C25H25N3O5S/c1-27-19-13-18(26-24(29)15-6-11-21(32-4)22(12-15)33-5)23(14-20(19)28(2)25(27)30)34-17-9-7-16(31-3)8-10-17/h6-14H,1-5H3,(H,26,29). The minimum atomic E-state index is -0.308. The van der Waals surface area contributed by atoms with Gasteiger partial charge in [0.15, 0.2) is 11.5 Å². The normalized spacial score (nSPS) is 10.9. The van der Waals surface area contributed by atoms with Gasteiger partial charge in [0, 0.05) is 29.4 Å². The molecule has 9 heteroatoms. The third kappa shape index (κ3) is 4.34. The largest absolute Gasteiger partial charge is 0.497 e. The van der Waals surface area contributed by atoms with Crippen molar-refractivity contribution in [3.8, 4) is 17.2 Å². The number of fused-ring (bicyclic) bond motifs is 1. The number of imidazole rings is 1. The molecule has 3 aromatic carbocycles. The average molecular weight is 480 g/mol. The molecule has 1 heterocycles. The number of amides is 1. The number of hydrogen-bond donors (Lipinski definition) is 1. The number of aryl methyl sites for hydroxylation is 2. The molecule has 34 heavy (non-hydrogen) atoms. The fraction of sp³-hybridized carbons (Fsp3) is 0.200. The summed E-state index contributed by atoms with van der Waals surface area (Å²) in [5.74, 6) is 1.45. The number of carbonyl (C=O) groups is 1. The molecule has 4 rings (SSSR count). The second-order valence-electron chi connectivity index (χ2n) is 7.54. The summed E-state index contributed by atoms with van der Waals surface area (Å²) in [4.78, 5) is 27.4. The van der Waals surface area contributed by atoms with Crippen molar-refractivity contribution >= 4 is 34.4 Å². The molecule has 4 aromatic rings. The van der Waals surface area contributed by atoms with E-state index in [4.69, 9.17) is 14.2 Å². The van der Waals surface area contributed by atoms with E-state index in [1.165, 1.54) is 18.9 Å². The first-order valence-corrected chi connectivity index (χ1v) is 11.2. The Morgan fingerprint density at radius 3 is 2.09 bits per heavy atom. The van der Waals surface area contributed by atoms with Crippen LogP contribution in [0, 0.1) is 0 Å². The number of nitrogens with zero attached hydrogens (tertiary/aromatic N) is 2. The number of carbonyl (C=O) groups excluding carboxylic acids is 1. The topological polar surface area (TPSA) is 83.7 Å². The molecule has 0 radical (unpaired) electrons. The van der Waals surface area contributed by atoms with Gasteiger partial charge in [0.1, 0.15) is 5.75 Å². The van der Waals surface area contributed by atoms with Crippen LogP contribution in [0.5, 0.6) is 17.2 Å². The summed E-state index contributed by atoms with van der Waals surface area (Å²) in [6, 6.07) is 16.4. The van der Waals surface area contributed by atoms with Gasteiger partial charge in [0.25, 0.3) is 5.91 Å². The van der Waals surface area contributed by atoms with Crippen LogP contribution >= 0.6 is 11.8 Å². The van der Waals surface area contributed by atoms with Gasteiger partial charge in [0.05, 0.1) is 38.1 Å². The summed E-state index contributed by atoms with van der Waals surface area (Å²) in [5, 5.41) is 3.00. The summed E-state index contributed by atoms with van der Waals surface area (Å²) in [5.41, 5.74) is 2.36. The Kier molecular flexibility index (Phi) is 6.56. The first-order valence-electron chi connectivity index (χ1n) is 10.4. The number of benzene rings is 3. The smallest absolute Gasteiger partial charge is 0.328 e. The number of methoxy groups -OCH3 is 3. The average Bonchev–Trinajstić information content (AvgIpc) is 3.07. The van der Waals surface area contributed by atoms with Gasteiger partial charge in [-0.1, -0.05) is 11.8 Å². The lowest BCUT2D eigenvalue weighted by molar-refractivity contribution is 0.102. The predicted octanol–water partition coefficient (Wildman–Crippen LogP) is 4.31. The van der Waals surface area contributed by atoms with Crippen LogP contribution in [0.15, 0.2) is 69.2 Å². The maximum Gasteiger partial charge on any atom is 0.328 e. The molecular weight excluding hydrogens is 454 g/mol. The van der Waals surface area contributed by atoms with E-state index in [1.807, 2.05) is 36.4 Å². The minimum Gasteiger partial charge on any atom is -0.497 e. The highest BCUT2D eigenvalue weighted by atomic mass is 32.2. The first-order chi connectivity index (χ1) is 16.4. The SMILES string of the molecule is COc1ccc(Sc2cc3c(cc2NC(=O)c2ccc(OC)c(OC)c2)n(C)c(=O)n3C)cc1. The molecule has 0 aliphatic carbocycles. The highest BCUT2D eigenvalue weighted by Gasteiger charge is 2.17. The van der Waals surface area contributed by atoms with Gasteiger partial charge < -0.3 is 19.5 Å². The van der Waals surface area contributed by atoms with Gasteiger partial charge in [0.2, 0.25) is 0 Å². The lowest BCUT2D eigenvalue weighted by Gasteiger charge is -2.14. The zero-order chi connectivity index (χ0) is 24.4. The van der Waals surface area contributed by atoms with Crippen LogP contribution in [0.2, 0.25) is 0 Å². The van der Waals surface area contributed by atoms with Gasteiger partial charge >= 0.3 is 5.69 Å². The van der Waals surface area contributed by atoms with E-state index in [2.05, 4.69) is 5.32 Å². The number of rotatable bonds is 7. The van der Waals surface area contributed by atoms with Crippen molar-refractivity contribution in [3.63, 3.8) is 0 Å². The Morgan fingerprint density at radius 1 is 0.824 bits per heavy atom. The molecule has 0 spiro atoms. The molecule has 0 atom stereocenters. The Bertz CT molecular complexity index is 1420. The molecule has 0 saturated carbocycles. The third-order valence-corrected chi connectivity index (χ3v) is 6.62. The summed E-state index contributed by atoms with van der Waals surface area (Å²) >= 11 is 1.48. The van der Waals surface area contributed by atoms with Crippen LogP contribution in [-0.2, 0) is 14.1 Å². The molecule has 0 aliphatic heterocycles. The molecule has 1 aromatic heterocycles. The quantitative estimate of drug-likeness (QED) is 0.425. The number of anilines is 1. The van der Waals surface area contributed by atoms with Crippen LogP contribution in [0.1, 0.15) is 10.4 Å². The van der Waals surface area contributed by atoms with Crippen molar-refractivity contribution in [2.45, 2.75) is 9.79 Å². The van der Waals surface area contributed by atoms with Crippen molar-refractivity contribution in [2.24, 2.45) is 14.1 Å². The predicted molar refractivity (Wildman–Crippen MR) is 133 cm³/mol. The zero-order valence-corrected chi connectivity index (χ0v) is 20.4. The van der Waals surface area contributed by atoms with E-state index in [0.717, 1.165) is 21.1 Å². The van der Waals surface area contributed by atoms with Crippen LogP contribution in [0.3, 0.4) is 0 Å². The molecule has 0 aliphatic rings. The van der Waals surface area contributed by atoms with Gasteiger partial charge in [-0.3, -0.25) is 13.9 Å². The van der Waals surface area contributed by atoms with E-state index >= 15 is 0 Å². The summed E-state index contributed by atoms with van der Waals surface area (Å²) in [6.45, 7) is 0. The molecule has 176 valence electrons. The molecule has 1 N–H and O–H groups in total. The highest BCUT2D eigenvalue weighted by Crippen LogP contribution is 2.37. The molecule has 1 amide bonds. The Morgan fingerprint density at radius 2 is 1.47 bits per heavy atom. The molecule has 0 unspecified atom stereocenters. The van der Waals surface area contributed by atoms with Crippen LogP contribution in [0.4, 0.5) is 5.69 Å². The van der Waals surface area contributed by atoms with E-state index in [-0.39, 0.29) is 11.6 Å². The van der Waals surface area contributed by atoms with E-state index < -0.39 is 0 Å². The van der Waals surface area contributed by atoms with Crippen molar-refractivity contribution in [1.29, 1.82) is 0 Å². The number of hydrogen-bond acceptors (Lipinski definition) is 6. The lowest BCUT2D eigenvalue weighted by atomic mass is 10.1. The lowest BCUT2D eigenvalue weighted by Crippen LogP contribution is -2.19. The van der Waals surface area contributed by atoms with Crippen molar-refractivity contribution in [3.05, 3.63) is 70.6 Å². The van der Waals surface area contributed by atoms with Gasteiger partial charge in [-0.2, -0.15) is 0 Å². The highest BCUT2D eigenvalue weighted by molar-refractivity contribution is 7.99. The van der Waals surface area contributed by atoms with E-state index in [0.29, 0.717) is 28.3 Å². The van der Waals surface area contributed by atoms with Crippen LogP contribution in [-0.4, -0.2) is 36.4 Å². The summed E-state index contributed by atoms with van der Waals surface area (Å²) in [6.07, 6.45) is 0. The van der Waals surface area contributed by atoms with E-state index in [9.17, 15) is 9.59 Å². The van der Waals surface area contributed by atoms with Gasteiger partial charge in [-0.05, 0) is 54.6 Å². The summed E-state index contributed by atoms with van der Waals surface area (Å²) in [7, 11) is 8.12. The van der Waals surface area contributed by atoms with E-state index in [1.54, 1.807) is 55.6 Å². The number of aromatic nitrogens is 2. The fourth-order valence-electron chi connectivity index (χ4n) is 3.65. The van der Waals surface area contributed by atoms with Gasteiger partial charge in [-0.15, -0.1) is 0 Å². The molecule has 8 nitrogen and oxygen atoms in total. The van der Waals surface area contributed by atoms with Crippen molar-refractivity contribution < 1.29 is 19.0 Å². The van der Waals surface area contributed by atoms with Crippen LogP contribution in [0.25, 0.3) is 11.0 Å². The second-order valence-corrected chi connectivity index (χ2v) is 8.65. The zero-order valence-electron chi connectivity index (χ0n) is 19.5. The summed E-state index contributed by atoms with van der Waals surface area (Å²) < 4.78 is 19.0.